The number of hydrogen-bond donors (Lipinski definition) is 1. The van der Waals surface area contributed by atoms with E-state index in [0.717, 1.165) is 29.7 Å². The maximum Gasteiger partial charge on any atom is 0.201 e. The number of hydrogen-bond acceptors (Lipinski definition) is 5. The van der Waals surface area contributed by atoms with Crippen LogP contribution in [0.5, 0.6) is 17.2 Å². The van der Waals surface area contributed by atoms with Crippen molar-refractivity contribution in [3.05, 3.63) is 52.1 Å². The minimum Gasteiger partial charge on any atom is -0.507 e. The van der Waals surface area contributed by atoms with Crippen LogP contribution in [0.4, 0.5) is 0 Å². The molecule has 6 heteroatoms. The third-order valence-electron chi connectivity index (χ3n) is 12.3. The van der Waals surface area contributed by atoms with Gasteiger partial charge in [0, 0.05) is 22.8 Å². The van der Waals surface area contributed by atoms with E-state index < -0.39 is 0 Å². The molecule has 0 unspecified atom stereocenters. The van der Waals surface area contributed by atoms with Crippen molar-refractivity contribution in [2.75, 3.05) is 34.4 Å². The fourth-order valence-corrected chi connectivity index (χ4v) is 8.83. The Hall–Kier alpha value is -2.86. The number of nitrogens with zero attached hydrogens (tertiary/aromatic N) is 1. The molecule has 0 aromatic heterocycles. The van der Waals surface area contributed by atoms with Gasteiger partial charge in [0.05, 0.1) is 45.5 Å². The maximum atomic E-state index is 13.9. The smallest absolute Gasteiger partial charge is 0.201 e. The number of methoxy groups -OCH3 is 2. The Morgan fingerprint density at radius 1 is 0.482 bits per heavy atom. The van der Waals surface area contributed by atoms with Crippen LogP contribution in [-0.4, -0.2) is 55.5 Å². The van der Waals surface area contributed by atoms with Crippen LogP contribution in [0.1, 0.15) is 231 Å². The highest BCUT2D eigenvalue weighted by Gasteiger charge is 2.36. The summed E-state index contributed by atoms with van der Waals surface area (Å²) in [5, 5.41) is 10.7. The predicted octanol–water partition coefficient (Wildman–Crippen LogP) is 14.1. The quantitative estimate of drug-likeness (QED) is 0.0483. The van der Waals surface area contributed by atoms with Crippen molar-refractivity contribution >= 4 is 11.6 Å². The van der Waals surface area contributed by atoms with Crippen LogP contribution in [0, 0.1) is 0 Å². The highest BCUT2D eigenvalue weighted by molar-refractivity contribution is 6.30. The third kappa shape index (κ3) is 16.5. The second kappa shape index (κ2) is 27.7. The molecule has 0 radical (unpaired) electrons. The van der Waals surface area contributed by atoms with Crippen LogP contribution in [-0.2, 0) is 6.54 Å². The number of ether oxygens (including phenoxy) is 2. The average molecular weight is 777 g/mol. The zero-order valence-corrected chi connectivity index (χ0v) is 36.8. The van der Waals surface area contributed by atoms with Crippen molar-refractivity contribution < 1.29 is 28.7 Å². The van der Waals surface area contributed by atoms with Crippen LogP contribution in [0.25, 0.3) is 0 Å². The molecule has 0 saturated heterocycles. The summed E-state index contributed by atoms with van der Waals surface area (Å²) in [4.78, 5) is 27.7. The van der Waals surface area contributed by atoms with Crippen molar-refractivity contribution in [3.8, 4) is 17.2 Å². The Morgan fingerprint density at radius 2 is 0.875 bits per heavy atom. The number of benzene rings is 2. The van der Waals surface area contributed by atoms with Crippen LogP contribution in [0.2, 0.25) is 0 Å². The monoisotopic (exact) mass is 777 g/mol. The number of quaternary nitrogens is 1. The molecule has 0 saturated carbocycles. The van der Waals surface area contributed by atoms with E-state index in [-0.39, 0.29) is 34.0 Å². The first-order valence-corrected chi connectivity index (χ1v) is 23.3. The molecule has 6 nitrogen and oxygen atoms in total. The van der Waals surface area contributed by atoms with Gasteiger partial charge in [0.15, 0.2) is 5.78 Å². The van der Waals surface area contributed by atoms with Crippen molar-refractivity contribution in [2.24, 2.45) is 0 Å². The van der Waals surface area contributed by atoms with E-state index in [0.29, 0.717) is 17.1 Å². The molecule has 0 heterocycles. The molecule has 0 atom stereocenters. The van der Waals surface area contributed by atoms with Crippen molar-refractivity contribution in [1.29, 1.82) is 0 Å². The van der Waals surface area contributed by atoms with E-state index in [4.69, 9.17) is 9.47 Å². The van der Waals surface area contributed by atoms with Crippen LogP contribution in [0.3, 0.4) is 0 Å². The lowest BCUT2D eigenvalue weighted by molar-refractivity contribution is -0.923. The largest absolute Gasteiger partial charge is 0.507 e. The molecule has 0 bridgehead atoms. The summed E-state index contributed by atoms with van der Waals surface area (Å²) >= 11 is 0. The van der Waals surface area contributed by atoms with Gasteiger partial charge in [-0.15, -0.1) is 0 Å². The number of carbonyl (C=O) groups excluding carboxylic acids is 2. The molecular formula is C50H82NO5+. The Labute approximate surface area is 343 Å². The number of ketones is 2. The van der Waals surface area contributed by atoms with Gasteiger partial charge in [0.1, 0.15) is 23.8 Å². The predicted molar refractivity (Wildman–Crippen MR) is 235 cm³/mol. The van der Waals surface area contributed by atoms with Crippen molar-refractivity contribution in [1.82, 2.24) is 0 Å². The van der Waals surface area contributed by atoms with Gasteiger partial charge < -0.3 is 19.1 Å². The Morgan fingerprint density at radius 3 is 1.27 bits per heavy atom. The van der Waals surface area contributed by atoms with E-state index in [9.17, 15) is 14.7 Å². The average Bonchev–Trinajstić information content (AvgIpc) is 3.19. The fraction of sp³-hybridized carbons (Fsp3) is 0.720. The molecule has 2 aromatic rings. The highest BCUT2D eigenvalue weighted by atomic mass is 16.5. The molecule has 3 rings (SSSR count). The first-order valence-electron chi connectivity index (χ1n) is 23.3. The zero-order valence-electron chi connectivity index (χ0n) is 36.8. The van der Waals surface area contributed by atoms with E-state index in [1.54, 1.807) is 13.2 Å². The van der Waals surface area contributed by atoms with Crippen LogP contribution in [0.15, 0.2) is 24.3 Å². The minimum absolute atomic E-state index is 0.0191. The molecule has 0 aliphatic heterocycles. The number of rotatable bonds is 34. The summed E-state index contributed by atoms with van der Waals surface area (Å²) < 4.78 is 12.0. The van der Waals surface area contributed by atoms with Gasteiger partial charge in [-0.3, -0.25) is 9.59 Å². The van der Waals surface area contributed by atoms with Gasteiger partial charge in [0.25, 0.3) is 0 Å². The highest BCUT2D eigenvalue weighted by Crippen LogP contribution is 2.40. The summed E-state index contributed by atoms with van der Waals surface area (Å²) in [6.07, 6.45) is 37.9. The number of unbranched alkanes of at least 4 members (excludes halogenated alkanes) is 26. The fourth-order valence-electron chi connectivity index (χ4n) is 8.83. The third-order valence-corrected chi connectivity index (χ3v) is 12.3. The number of phenols is 1. The van der Waals surface area contributed by atoms with Gasteiger partial charge in [-0.2, -0.15) is 0 Å². The minimum atomic E-state index is -0.389. The molecule has 0 amide bonds. The first-order chi connectivity index (χ1) is 27.3. The Kier molecular flexibility index (Phi) is 23.5. The lowest BCUT2D eigenvalue weighted by Crippen LogP contribution is -2.45. The van der Waals surface area contributed by atoms with Gasteiger partial charge in [-0.1, -0.05) is 168 Å². The summed E-state index contributed by atoms with van der Waals surface area (Å²) in [5.41, 5.74) is 1.80. The van der Waals surface area contributed by atoms with E-state index in [1.165, 1.54) is 193 Å². The first kappa shape index (κ1) is 47.5. The Bertz CT molecular complexity index is 1380. The topological polar surface area (TPSA) is 72.8 Å². The number of fused-ring (bicyclic) bond motifs is 2. The van der Waals surface area contributed by atoms with Gasteiger partial charge in [-0.25, -0.2) is 0 Å². The van der Waals surface area contributed by atoms with Crippen molar-refractivity contribution in [3.63, 3.8) is 0 Å². The van der Waals surface area contributed by atoms with E-state index in [2.05, 4.69) is 20.9 Å². The summed E-state index contributed by atoms with van der Waals surface area (Å²) in [6.45, 7) is 7.54. The number of phenolic OH excluding ortho intramolecular Hbond substituents is 1. The second-order valence-electron chi connectivity index (χ2n) is 17.4. The lowest BCUT2D eigenvalue weighted by Gasteiger charge is -2.35. The normalized spacial score (nSPS) is 12.6. The Balaban J connectivity index is 1.55. The molecule has 0 spiro atoms. The second-order valence-corrected chi connectivity index (χ2v) is 17.4. The summed E-state index contributed by atoms with van der Waals surface area (Å²) in [5.74, 6) is -0.173. The zero-order chi connectivity index (χ0) is 40.4. The molecule has 0 fully saturated rings. The molecule has 316 valence electrons. The SMILES string of the molecule is CCCCCCCCCCCCCCCC[N+](C)(CCCCCCCCCCCCCCCC)Cc1cc(OC)c2c(c1)C(=O)c1cc(OC)cc(O)c1C2=O. The molecule has 2 aromatic carbocycles. The molecule has 1 aliphatic carbocycles. The van der Waals surface area contributed by atoms with E-state index in [1.807, 2.05) is 12.1 Å². The van der Waals surface area contributed by atoms with Crippen LogP contribution >= 0.6 is 0 Å². The van der Waals surface area contributed by atoms with Gasteiger partial charge in [-0.05, 0) is 43.9 Å². The molecule has 1 N–H and O–H groups in total. The maximum absolute atomic E-state index is 13.9. The number of carbonyl (C=O) groups is 2. The molecular weight excluding hydrogens is 695 g/mol. The van der Waals surface area contributed by atoms with Crippen molar-refractivity contribution in [2.45, 2.75) is 200 Å². The summed E-state index contributed by atoms with van der Waals surface area (Å²) in [6, 6.07) is 6.79. The van der Waals surface area contributed by atoms with Gasteiger partial charge in [0.2, 0.25) is 5.78 Å². The summed E-state index contributed by atoms with van der Waals surface area (Å²) in [7, 11) is 5.42. The number of aromatic hydroxyl groups is 1. The standard InChI is InChI=1S/C50H81NO5/c1-6-8-10-12-14-16-18-20-22-24-26-28-30-32-34-51(3,35-33-31-29-27-25-23-21-19-17-15-13-11-9-7-2)40-41-36-43-48(46(37-41)56-5)50(54)47-44(49(43)53)38-42(55-4)39-45(47)52/h36-39H,6-35,40H2,1-5H3/p+1. The van der Waals surface area contributed by atoms with Crippen LogP contribution < -0.4 is 9.47 Å². The van der Waals surface area contributed by atoms with Gasteiger partial charge >= 0.3 is 0 Å². The molecule has 56 heavy (non-hydrogen) atoms. The molecule has 1 aliphatic rings. The van der Waals surface area contributed by atoms with E-state index >= 15 is 0 Å². The lowest BCUT2D eigenvalue weighted by atomic mass is 9.82.